The first-order valence-electron chi connectivity index (χ1n) is 9.43. The number of imide groups is 1. The van der Waals surface area contributed by atoms with E-state index in [0.29, 0.717) is 34.6 Å². The average molecular weight is 506 g/mol. The maximum absolute atomic E-state index is 14.5. The molecule has 0 bridgehead atoms. The number of phenols is 1. The molecule has 31 heavy (non-hydrogen) atoms. The quantitative estimate of drug-likeness (QED) is 0.552. The second-order valence-corrected chi connectivity index (χ2v) is 9.05. The van der Waals surface area contributed by atoms with Gasteiger partial charge in [0.15, 0.2) is 17.3 Å². The van der Waals surface area contributed by atoms with Crippen molar-refractivity contribution in [1.29, 1.82) is 0 Å². The predicted molar refractivity (Wildman–Crippen MR) is 117 cm³/mol. The van der Waals surface area contributed by atoms with Crippen LogP contribution in [0.2, 0.25) is 0 Å². The molecule has 2 aromatic rings. The molecule has 0 unspecified atom stereocenters. The number of halogens is 2. The van der Waals surface area contributed by atoms with E-state index in [4.69, 9.17) is 4.74 Å². The van der Waals surface area contributed by atoms with Gasteiger partial charge in [0.05, 0.1) is 12.0 Å². The molecule has 1 atom stereocenters. The first kappa shape index (κ1) is 21.6. The lowest BCUT2D eigenvalue weighted by atomic mass is 9.97. The molecule has 1 heterocycles. The number of nitrogens with zero attached hydrogens (tertiary/aromatic N) is 1. The van der Waals surface area contributed by atoms with Crippen molar-refractivity contribution in [3.63, 3.8) is 0 Å². The Labute approximate surface area is 190 Å². The lowest BCUT2D eigenvalue weighted by molar-refractivity contribution is -0.133. The Kier molecular flexibility index (Phi) is 5.90. The van der Waals surface area contributed by atoms with Gasteiger partial charge in [0.25, 0.3) is 11.1 Å². The first-order chi connectivity index (χ1) is 14.8. The number of ether oxygens (including phenoxy) is 1. The number of Topliss-reactive ketones (excluding diaryl/α,β-unsaturated/α-hetero) is 1. The lowest BCUT2D eigenvalue weighted by Gasteiger charge is -2.25. The fraction of sp³-hybridized carbons (Fsp3) is 0.227. The van der Waals surface area contributed by atoms with Gasteiger partial charge < -0.3 is 9.84 Å². The summed E-state index contributed by atoms with van der Waals surface area (Å²) in [5, 5.41) is 9.39. The molecule has 0 radical (unpaired) electrons. The topological polar surface area (TPSA) is 83.9 Å². The second kappa shape index (κ2) is 8.47. The number of methoxy groups -OCH3 is 1. The zero-order valence-corrected chi connectivity index (χ0v) is 18.7. The summed E-state index contributed by atoms with van der Waals surface area (Å²) in [5.41, 5.74) is 0.450. The van der Waals surface area contributed by atoms with Crippen molar-refractivity contribution < 1.29 is 28.6 Å². The lowest BCUT2D eigenvalue weighted by Crippen LogP contribution is -2.38. The van der Waals surface area contributed by atoms with Crippen molar-refractivity contribution in [1.82, 2.24) is 4.90 Å². The predicted octanol–water partition coefficient (Wildman–Crippen LogP) is 5.06. The summed E-state index contributed by atoms with van der Waals surface area (Å²) >= 11 is 4.02. The number of benzene rings is 2. The number of phenolic OH excluding ortho intramolecular Hbond substituents is 1. The molecule has 9 heteroatoms. The molecule has 2 aliphatic rings. The average Bonchev–Trinajstić information content (AvgIpc) is 3.55. The normalized spacial score (nSPS) is 18.5. The number of aromatic hydroxyl groups is 1. The molecule has 1 saturated carbocycles. The van der Waals surface area contributed by atoms with Crippen LogP contribution in [0.5, 0.6) is 11.5 Å². The Morgan fingerprint density at radius 2 is 2.03 bits per heavy atom. The summed E-state index contributed by atoms with van der Waals surface area (Å²) in [6.45, 7) is 0. The molecule has 2 aromatic carbocycles. The summed E-state index contributed by atoms with van der Waals surface area (Å²) in [5.74, 6) is -1.84. The standard InChI is InChI=1S/C22H17BrFNO5S/c1-30-17-10-14(23)12(8-16(17)26)9-18-21(28)25(22(29)31-18)19(20(27)11-6-7-11)13-4-2-3-5-15(13)24/h2-5,8-11,19,26H,6-7H2,1H3/b18-9-/t19-/m1/s1. The number of carbonyl (C=O) groups is 3. The minimum atomic E-state index is -1.31. The molecule has 2 fully saturated rings. The van der Waals surface area contributed by atoms with Gasteiger partial charge in [0.2, 0.25) is 0 Å². The van der Waals surface area contributed by atoms with Gasteiger partial charge in [-0.05, 0) is 54.4 Å². The van der Waals surface area contributed by atoms with E-state index in [-0.39, 0.29) is 33.7 Å². The monoisotopic (exact) mass is 505 g/mol. The van der Waals surface area contributed by atoms with E-state index in [2.05, 4.69) is 15.9 Å². The van der Waals surface area contributed by atoms with Crippen LogP contribution in [0.3, 0.4) is 0 Å². The fourth-order valence-electron chi connectivity index (χ4n) is 3.39. The summed E-state index contributed by atoms with van der Waals surface area (Å²) in [6.07, 6.45) is 2.76. The van der Waals surface area contributed by atoms with Crippen LogP contribution in [-0.2, 0) is 9.59 Å². The first-order valence-corrected chi connectivity index (χ1v) is 11.0. The Morgan fingerprint density at radius 3 is 2.68 bits per heavy atom. The van der Waals surface area contributed by atoms with Crippen LogP contribution < -0.4 is 4.74 Å². The highest BCUT2D eigenvalue weighted by Gasteiger charge is 2.47. The molecule has 0 aromatic heterocycles. The van der Waals surface area contributed by atoms with E-state index < -0.39 is 23.0 Å². The van der Waals surface area contributed by atoms with Crippen LogP contribution in [0.25, 0.3) is 6.08 Å². The highest BCUT2D eigenvalue weighted by Crippen LogP contribution is 2.44. The number of carbonyl (C=O) groups excluding carboxylic acids is 3. The van der Waals surface area contributed by atoms with Crippen molar-refractivity contribution in [3.8, 4) is 11.5 Å². The van der Waals surface area contributed by atoms with E-state index in [1.54, 1.807) is 6.07 Å². The minimum absolute atomic E-state index is 0.00576. The van der Waals surface area contributed by atoms with Gasteiger partial charge in [0.1, 0.15) is 11.9 Å². The summed E-state index contributed by atoms with van der Waals surface area (Å²) in [4.78, 5) is 39.8. The maximum Gasteiger partial charge on any atom is 0.294 e. The number of rotatable bonds is 6. The van der Waals surface area contributed by atoms with E-state index in [9.17, 15) is 23.9 Å². The van der Waals surface area contributed by atoms with Crippen LogP contribution in [0, 0.1) is 11.7 Å². The molecular weight excluding hydrogens is 489 g/mol. The molecule has 160 valence electrons. The summed E-state index contributed by atoms with van der Waals surface area (Å²) in [7, 11) is 1.41. The smallest absolute Gasteiger partial charge is 0.294 e. The molecule has 0 spiro atoms. The van der Waals surface area contributed by atoms with Gasteiger partial charge in [-0.2, -0.15) is 0 Å². The van der Waals surface area contributed by atoms with Crippen molar-refractivity contribution in [2.45, 2.75) is 18.9 Å². The van der Waals surface area contributed by atoms with Crippen molar-refractivity contribution >= 4 is 50.7 Å². The number of hydrogen-bond acceptors (Lipinski definition) is 6. The zero-order chi connectivity index (χ0) is 22.3. The highest BCUT2D eigenvalue weighted by atomic mass is 79.9. The van der Waals surface area contributed by atoms with Gasteiger partial charge >= 0.3 is 0 Å². The molecule has 4 rings (SSSR count). The third kappa shape index (κ3) is 4.12. The van der Waals surface area contributed by atoms with Gasteiger partial charge in [-0.1, -0.05) is 34.1 Å². The van der Waals surface area contributed by atoms with Gasteiger partial charge in [-0.15, -0.1) is 0 Å². The number of hydrogen-bond donors (Lipinski definition) is 1. The maximum atomic E-state index is 14.5. The van der Waals surface area contributed by atoms with E-state index in [1.165, 1.54) is 43.5 Å². The van der Waals surface area contributed by atoms with Crippen LogP contribution >= 0.6 is 27.7 Å². The number of amides is 2. The molecule has 1 aliphatic heterocycles. The SMILES string of the molecule is COc1cc(Br)c(/C=C2\SC(=O)N([C@@H](C(=O)C3CC3)c3ccccc3F)C2=O)cc1O. The van der Waals surface area contributed by atoms with Crippen molar-refractivity contribution in [2.75, 3.05) is 7.11 Å². The minimum Gasteiger partial charge on any atom is -0.504 e. The molecule has 6 nitrogen and oxygen atoms in total. The molecule has 1 saturated heterocycles. The number of ketones is 1. The van der Waals surface area contributed by atoms with Crippen LogP contribution in [0.15, 0.2) is 45.8 Å². The summed E-state index contributed by atoms with van der Waals surface area (Å²) < 4.78 is 20.1. The van der Waals surface area contributed by atoms with E-state index in [0.717, 1.165) is 4.90 Å². The fourth-order valence-corrected chi connectivity index (χ4v) is 4.67. The Bertz CT molecular complexity index is 1130. The largest absolute Gasteiger partial charge is 0.504 e. The van der Waals surface area contributed by atoms with Crippen LogP contribution in [-0.4, -0.2) is 34.0 Å². The zero-order valence-electron chi connectivity index (χ0n) is 16.3. The second-order valence-electron chi connectivity index (χ2n) is 7.20. The molecular formula is C22H17BrFNO5S. The van der Waals surface area contributed by atoms with Gasteiger partial charge in [-0.25, -0.2) is 4.39 Å². The van der Waals surface area contributed by atoms with Crippen LogP contribution in [0.1, 0.15) is 30.0 Å². The Morgan fingerprint density at radius 1 is 1.32 bits per heavy atom. The van der Waals surface area contributed by atoms with E-state index >= 15 is 0 Å². The van der Waals surface area contributed by atoms with Crippen LogP contribution in [0.4, 0.5) is 9.18 Å². The van der Waals surface area contributed by atoms with Crippen molar-refractivity contribution in [3.05, 3.63) is 62.7 Å². The third-order valence-corrected chi connectivity index (χ3v) is 6.69. The molecule has 1 N–H and O–H groups in total. The molecule has 2 amide bonds. The highest BCUT2D eigenvalue weighted by molar-refractivity contribution is 9.10. The number of thioether (sulfide) groups is 1. The third-order valence-electron chi connectivity index (χ3n) is 5.12. The summed E-state index contributed by atoms with van der Waals surface area (Å²) in [6, 6.07) is 7.29. The Balaban J connectivity index is 1.73. The van der Waals surface area contributed by atoms with Gasteiger partial charge in [-0.3, -0.25) is 19.3 Å². The Hall–Kier alpha value is -2.65. The molecule has 1 aliphatic carbocycles. The van der Waals surface area contributed by atoms with Crippen molar-refractivity contribution in [2.24, 2.45) is 5.92 Å². The van der Waals surface area contributed by atoms with Gasteiger partial charge in [0, 0.05) is 16.0 Å². The van der Waals surface area contributed by atoms with E-state index in [1.807, 2.05) is 0 Å².